The van der Waals surface area contributed by atoms with Crippen molar-refractivity contribution < 1.29 is 14.7 Å². The van der Waals surface area contributed by atoms with E-state index in [-0.39, 0.29) is 11.7 Å². The van der Waals surface area contributed by atoms with Crippen LogP contribution >= 0.6 is 0 Å². The van der Waals surface area contributed by atoms with Crippen molar-refractivity contribution in [2.45, 2.75) is 32.6 Å². The predicted octanol–water partition coefficient (Wildman–Crippen LogP) is 1.47. The van der Waals surface area contributed by atoms with Gasteiger partial charge in [-0.15, -0.1) is 0 Å². The number of carbonyl (C=O) groups excluding carboxylic acids is 1. The molecule has 1 N–H and O–H groups in total. The van der Waals surface area contributed by atoms with E-state index in [1.54, 1.807) is 6.92 Å². The Labute approximate surface area is 71.8 Å². The number of rotatable bonds is 3. The third-order valence-electron chi connectivity index (χ3n) is 2.60. The van der Waals surface area contributed by atoms with Crippen molar-refractivity contribution in [1.29, 1.82) is 0 Å². The number of hydrogen-bond donors (Lipinski definition) is 1. The van der Waals surface area contributed by atoms with Crippen LogP contribution in [-0.4, -0.2) is 16.9 Å². The molecule has 1 aliphatic rings. The Kier molecular flexibility index (Phi) is 2.84. The second-order valence-electron chi connectivity index (χ2n) is 3.30. The first kappa shape index (κ1) is 9.23. The summed E-state index contributed by atoms with van der Waals surface area (Å²) in [6, 6.07) is 0. The van der Waals surface area contributed by atoms with E-state index in [4.69, 9.17) is 5.11 Å². The molecule has 1 saturated carbocycles. The lowest BCUT2D eigenvalue weighted by Crippen LogP contribution is -2.24. The summed E-state index contributed by atoms with van der Waals surface area (Å²) < 4.78 is 0. The summed E-state index contributed by atoms with van der Waals surface area (Å²) in [4.78, 5) is 21.9. The SMILES string of the molecule is CCC(=O)[C@@H]1CCC[C@@H]1C(=O)O. The highest BCUT2D eigenvalue weighted by atomic mass is 16.4. The second kappa shape index (κ2) is 3.70. The molecule has 0 radical (unpaired) electrons. The van der Waals surface area contributed by atoms with Gasteiger partial charge in [-0.25, -0.2) is 0 Å². The van der Waals surface area contributed by atoms with Crippen LogP contribution in [0.5, 0.6) is 0 Å². The number of aliphatic carboxylic acids is 1. The van der Waals surface area contributed by atoms with Crippen LogP contribution in [0.3, 0.4) is 0 Å². The Hall–Kier alpha value is -0.860. The van der Waals surface area contributed by atoms with E-state index in [1.807, 2.05) is 0 Å². The summed E-state index contributed by atoms with van der Waals surface area (Å²) in [5.74, 6) is -1.30. The van der Waals surface area contributed by atoms with Gasteiger partial charge in [0.15, 0.2) is 0 Å². The lowest BCUT2D eigenvalue weighted by Gasteiger charge is -2.12. The van der Waals surface area contributed by atoms with Crippen LogP contribution in [0, 0.1) is 11.8 Å². The Bertz CT molecular complexity index is 198. The van der Waals surface area contributed by atoms with Crippen LogP contribution < -0.4 is 0 Å². The third kappa shape index (κ3) is 1.65. The average Bonchev–Trinajstić information content (AvgIpc) is 2.50. The van der Waals surface area contributed by atoms with E-state index >= 15 is 0 Å². The molecule has 1 rings (SSSR count). The molecule has 0 aromatic heterocycles. The molecule has 1 aliphatic carbocycles. The summed E-state index contributed by atoms with van der Waals surface area (Å²) >= 11 is 0. The minimum absolute atomic E-state index is 0.111. The molecule has 0 saturated heterocycles. The fourth-order valence-electron chi connectivity index (χ4n) is 1.90. The van der Waals surface area contributed by atoms with Crippen molar-refractivity contribution in [3.63, 3.8) is 0 Å². The molecule has 0 unspecified atom stereocenters. The maximum Gasteiger partial charge on any atom is 0.307 e. The van der Waals surface area contributed by atoms with Gasteiger partial charge in [0, 0.05) is 12.3 Å². The minimum Gasteiger partial charge on any atom is -0.481 e. The van der Waals surface area contributed by atoms with Gasteiger partial charge in [-0.2, -0.15) is 0 Å². The largest absolute Gasteiger partial charge is 0.481 e. The minimum atomic E-state index is -0.806. The van der Waals surface area contributed by atoms with Gasteiger partial charge in [-0.05, 0) is 12.8 Å². The van der Waals surface area contributed by atoms with Gasteiger partial charge in [0.2, 0.25) is 0 Å². The molecular formula is C9H14O3. The monoisotopic (exact) mass is 170 g/mol. The maximum atomic E-state index is 11.3. The summed E-state index contributed by atoms with van der Waals surface area (Å²) in [5, 5.41) is 8.78. The first-order chi connectivity index (χ1) is 5.66. The van der Waals surface area contributed by atoms with Crippen molar-refractivity contribution >= 4 is 11.8 Å². The zero-order valence-electron chi connectivity index (χ0n) is 7.25. The molecule has 0 aliphatic heterocycles. The number of carboxylic acid groups (broad SMARTS) is 1. The highest BCUT2D eigenvalue weighted by molar-refractivity contribution is 5.86. The Balaban J connectivity index is 2.63. The molecule has 0 spiro atoms. The zero-order chi connectivity index (χ0) is 9.14. The molecule has 12 heavy (non-hydrogen) atoms. The number of carboxylic acids is 1. The lowest BCUT2D eigenvalue weighted by atomic mass is 9.91. The number of carbonyl (C=O) groups is 2. The lowest BCUT2D eigenvalue weighted by molar-refractivity contribution is -0.145. The summed E-state index contributed by atoms with van der Waals surface area (Å²) in [6.07, 6.45) is 2.79. The van der Waals surface area contributed by atoms with E-state index < -0.39 is 11.9 Å². The van der Waals surface area contributed by atoms with Gasteiger partial charge in [-0.1, -0.05) is 13.3 Å². The topological polar surface area (TPSA) is 54.4 Å². The molecule has 0 heterocycles. The Morgan fingerprint density at radius 2 is 1.92 bits per heavy atom. The fourth-order valence-corrected chi connectivity index (χ4v) is 1.90. The van der Waals surface area contributed by atoms with E-state index in [0.717, 1.165) is 12.8 Å². The first-order valence-electron chi connectivity index (χ1n) is 4.42. The average molecular weight is 170 g/mol. The maximum absolute atomic E-state index is 11.3. The van der Waals surface area contributed by atoms with Crippen LogP contribution in [0.1, 0.15) is 32.6 Å². The van der Waals surface area contributed by atoms with Crippen molar-refractivity contribution in [3.05, 3.63) is 0 Å². The third-order valence-corrected chi connectivity index (χ3v) is 2.60. The van der Waals surface area contributed by atoms with Crippen LogP contribution in [0.15, 0.2) is 0 Å². The number of ketones is 1. The van der Waals surface area contributed by atoms with Crippen molar-refractivity contribution in [2.24, 2.45) is 11.8 Å². The highest BCUT2D eigenvalue weighted by Gasteiger charge is 2.36. The molecule has 0 aromatic carbocycles. The molecule has 3 heteroatoms. The second-order valence-corrected chi connectivity index (χ2v) is 3.30. The number of hydrogen-bond acceptors (Lipinski definition) is 2. The Morgan fingerprint density at radius 3 is 2.42 bits per heavy atom. The van der Waals surface area contributed by atoms with Crippen molar-refractivity contribution in [3.8, 4) is 0 Å². The van der Waals surface area contributed by atoms with Gasteiger partial charge in [-0.3, -0.25) is 9.59 Å². The molecular weight excluding hydrogens is 156 g/mol. The number of Topliss-reactive ketones (excluding diaryl/α,β-unsaturated/α-hetero) is 1. The summed E-state index contributed by atoms with van der Waals surface area (Å²) in [7, 11) is 0. The molecule has 0 bridgehead atoms. The molecule has 2 atom stereocenters. The molecule has 3 nitrogen and oxygen atoms in total. The predicted molar refractivity (Wildman–Crippen MR) is 43.8 cm³/mol. The van der Waals surface area contributed by atoms with Gasteiger partial charge < -0.3 is 5.11 Å². The van der Waals surface area contributed by atoms with Crippen LogP contribution in [0.4, 0.5) is 0 Å². The first-order valence-corrected chi connectivity index (χ1v) is 4.42. The van der Waals surface area contributed by atoms with Gasteiger partial charge >= 0.3 is 5.97 Å². The standard InChI is InChI=1S/C9H14O3/c1-2-8(10)6-4-3-5-7(6)9(11)12/h6-7H,2-5H2,1H3,(H,11,12)/t6-,7+/m1/s1. The van der Waals surface area contributed by atoms with E-state index in [0.29, 0.717) is 12.8 Å². The van der Waals surface area contributed by atoms with Gasteiger partial charge in [0.1, 0.15) is 5.78 Å². The molecule has 0 aromatic rings. The van der Waals surface area contributed by atoms with E-state index in [2.05, 4.69) is 0 Å². The van der Waals surface area contributed by atoms with Crippen molar-refractivity contribution in [2.75, 3.05) is 0 Å². The molecule has 68 valence electrons. The normalized spacial score (nSPS) is 28.8. The fraction of sp³-hybridized carbons (Fsp3) is 0.778. The smallest absolute Gasteiger partial charge is 0.307 e. The Morgan fingerprint density at radius 1 is 1.33 bits per heavy atom. The van der Waals surface area contributed by atoms with Gasteiger partial charge in [0.25, 0.3) is 0 Å². The molecule has 0 amide bonds. The van der Waals surface area contributed by atoms with Gasteiger partial charge in [0.05, 0.1) is 5.92 Å². The quantitative estimate of drug-likeness (QED) is 0.697. The summed E-state index contributed by atoms with van der Waals surface area (Å²) in [5.41, 5.74) is 0. The zero-order valence-corrected chi connectivity index (χ0v) is 7.25. The van der Waals surface area contributed by atoms with Crippen LogP contribution in [0.2, 0.25) is 0 Å². The van der Waals surface area contributed by atoms with Crippen LogP contribution in [-0.2, 0) is 9.59 Å². The van der Waals surface area contributed by atoms with E-state index in [9.17, 15) is 9.59 Å². The van der Waals surface area contributed by atoms with Crippen molar-refractivity contribution in [1.82, 2.24) is 0 Å². The van der Waals surface area contributed by atoms with Crippen LogP contribution in [0.25, 0.3) is 0 Å². The highest BCUT2D eigenvalue weighted by Crippen LogP contribution is 2.33. The van der Waals surface area contributed by atoms with E-state index in [1.165, 1.54) is 0 Å². The summed E-state index contributed by atoms with van der Waals surface area (Å²) in [6.45, 7) is 1.79. The molecule has 1 fully saturated rings.